The van der Waals surface area contributed by atoms with Gasteiger partial charge in [0.2, 0.25) is 0 Å². The Morgan fingerprint density at radius 2 is 2.17 bits per heavy atom. The van der Waals surface area contributed by atoms with Gasteiger partial charge in [-0.25, -0.2) is 4.79 Å². The highest BCUT2D eigenvalue weighted by molar-refractivity contribution is 7.98. The van der Waals surface area contributed by atoms with Crippen molar-refractivity contribution in [2.24, 2.45) is 0 Å². The first-order chi connectivity index (χ1) is 8.45. The Labute approximate surface area is 107 Å². The number of carbonyl (C=O) groups excluding carboxylic acids is 1. The van der Waals surface area contributed by atoms with Gasteiger partial charge in [0, 0.05) is 12.2 Å². The molecule has 0 fully saturated rings. The maximum atomic E-state index is 11.9. The average molecular weight is 271 g/mol. The van der Waals surface area contributed by atoms with E-state index in [1.54, 1.807) is 13.2 Å². The number of hydrogen-bond acceptors (Lipinski definition) is 5. The van der Waals surface area contributed by atoms with Gasteiger partial charge < -0.3 is 15.4 Å². The van der Waals surface area contributed by atoms with E-state index in [4.69, 9.17) is 5.11 Å². The maximum absolute atomic E-state index is 11.9. The predicted octanol–water partition coefficient (Wildman–Crippen LogP) is 0.00472. The molecule has 1 amide bonds. The number of thioether (sulfide) groups is 1. The van der Waals surface area contributed by atoms with Crippen LogP contribution in [-0.4, -0.2) is 39.8 Å². The zero-order chi connectivity index (χ0) is 13.7. The zero-order valence-electron chi connectivity index (χ0n) is 9.94. The molecule has 0 unspecified atom stereocenters. The van der Waals surface area contributed by atoms with Gasteiger partial charge >= 0.3 is 11.7 Å². The summed E-state index contributed by atoms with van der Waals surface area (Å²) >= 11 is 1.18. The van der Waals surface area contributed by atoms with Crippen LogP contribution in [0.4, 0.5) is 0 Å². The molecule has 1 aromatic rings. The number of aromatic amines is 1. The van der Waals surface area contributed by atoms with Gasteiger partial charge in [-0.05, 0) is 13.2 Å². The van der Waals surface area contributed by atoms with Gasteiger partial charge in [0.15, 0.2) is 0 Å². The number of carboxylic acid groups (broad SMARTS) is 1. The van der Waals surface area contributed by atoms with E-state index in [9.17, 15) is 14.4 Å². The van der Waals surface area contributed by atoms with E-state index < -0.39 is 17.6 Å². The molecular weight excluding hydrogens is 258 g/mol. The van der Waals surface area contributed by atoms with Crippen molar-refractivity contribution >= 4 is 23.6 Å². The number of rotatable bonds is 5. The van der Waals surface area contributed by atoms with Crippen LogP contribution in [0.1, 0.15) is 22.5 Å². The van der Waals surface area contributed by atoms with Gasteiger partial charge in [-0.3, -0.25) is 9.59 Å². The van der Waals surface area contributed by atoms with Gasteiger partial charge in [0.1, 0.15) is 5.03 Å². The number of aliphatic carboxylic acids is 1. The van der Waals surface area contributed by atoms with Crippen molar-refractivity contribution in [1.29, 1.82) is 0 Å². The quantitative estimate of drug-likeness (QED) is 0.513. The van der Waals surface area contributed by atoms with Crippen LogP contribution < -0.4 is 11.0 Å². The molecular formula is C10H13N3O4S. The lowest BCUT2D eigenvalue weighted by molar-refractivity contribution is -0.136. The highest BCUT2D eigenvalue weighted by Gasteiger charge is 2.16. The van der Waals surface area contributed by atoms with Crippen molar-refractivity contribution < 1.29 is 14.7 Å². The molecule has 1 aromatic heterocycles. The molecule has 0 saturated carbocycles. The van der Waals surface area contributed by atoms with Crippen LogP contribution >= 0.6 is 11.8 Å². The molecule has 0 atom stereocenters. The van der Waals surface area contributed by atoms with Crippen LogP contribution in [0.3, 0.4) is 0 Å². The smallest absolute Gasteiger partial charge is 0.346 e. The Kier molecular flexibility index (Phi) is 4.90. The molecule has 0 bridgehead atoms. The third-order valence-electron chi connectivity index (χ3n) is 2.13. The molecule has 1 rings (SSSR count). The normalized spacial score (nSPS) is 10.1. The summed E-state index contributed by atoms with van der Waals surface area (Å²) in [5.74, 6) is -1.43. The standard InChI is InChI=1S/C10H13N3O4S/c1-5-7(8(16)11-4-3-6(14)15)9(18-2)13-10(17)12-5/h3-4H2,1-2H3,(H,11,16)(H,14,15)(H,12,13,17). The summed E-state index contributed by atoms with van der Waals surface area (Å²) in [6.45, 7) is 1.62. The Hall–Kier alpha value is -1.83. The zero-order valence-corrected chi connectivity index (χ0v) is 10.8. The molecule has 3 N–H and O–H groups in total. The third-order valence-corrected chi connectivity index (χ3v) is 2.81. The number of carbonyl (C=O) groups is 2. The topological polar surface area (TPSA) is 112 Å². The molecule has 8 heteroatoms. The summed E-state index contributed by atoms with van der Waals surface area (Å²) in [6.07, 6.45) is 1.55. The van der Waals surface area contributed by atoms with Crippen molar-refractivity contribution in [2.45, 2.75) is 18.4 Å². The number of carboxylic acids is 1. The van der Waals surface area contributed by atoms with Gasteiger partial charge in [-0.15, -0.1) is 11.8 Å². The molecule has 0 radical (unpaired) electrons. The average Bonchev–Trinajstić information content (AvgIpc) is 2.26. The van der Waals surface area contributed by atoms with E-state index in [0.29, 0.717) is 10.7 Å². The lowest BCUT2D eigenvalue weighted by Gasteiger charge is -2.09. The molecule has 0 aliphatic rings. The Morgan fingerprint density at radius 3 is 2.72 bits per heavy atom. The summed E-state index contributed by atoms with van der Waals surface area (Å²) in [5.41, 5.74) is 0.165. The summed E-state index contributed by atoms with van der Waals surface area (Å²) in [6, 6.07) is 0. The molecule has 18 heavy (non-hydrogen) atoms. The number of hydrogen-bond donors (Lipinski definition) is 3. The lowest BCUT2D eigenvalue weighted by atomic mass is 10.2. The van der Waals surface area contributed by atoms with Crippen LogP contribution in [-0.2, 0) is 4.79 Å². The van der Waals surface area contributed by atoms with Crippen molar-refractivity contribution in [3.8, 4) is 0 Å². The SMILES string of the molecule is CSc1nc(=O)[nH]c(C)c1C(=O)NCCC(=O)O. The Bertz CT molecular complexity index is 526. The monoisotopic (exact) mass is 271 g/mol. The highest BCUT2D eigenvalue weighted by atomic mass is 32.2. The minimum Gasteiger partial charge on any atom is -0.481 e. The van der Waals surface area contributed by atoms with Gasteiger partial charge in [-0.1, -0.05) is 0 Å². The van der Waals surface area contributed by atoms with Crippen LogP contribution in [0.2, 0.25) is 0 Å². The minimum atomic E-state index is -0.989. The molecule has 0 spiro atoms. The van der Waals surface area contributed by atoms with Crippen molar-refractivity contribution in [3.05, 3.63) is 21.7 Å². The van der Waals surface area contributed by atoms with E-state index in [0.717, 1.165) is 0 Å². The van der Waals surface area contributed by atoms with Gasteiger partial charge in [0.05, 0.1) is 12.0 Å². The van der Waals surface area contributed by atoms with E-state index in [-0.39, 0.29) is 18.5 Å². The minimum absolute atomic E-state index is 0.0283. The first-order valence-corrected chi connectivity index (χ1v) is 6.33. The molecule has 0 aliphatic heterocycles. The molecule has 7 nitrogen and oxygen atoms in total. The molecule has 1 heterocycles. The summed E-state index contributed by atoms with van der Waals surface area (Å²) < 4.78 is 0. The van der Waals surface area contributed by atoms with Crippen LogP contribution in [0.25, 0.3) is 0 Å². The summed E-state index contributed by atoms with van der Waals surface area (Å²) in [4.78, 5) is 39.5. The van der Waals surface area contributed by atoms with E-state index in [2.05, 4.69) is 15.3 Å². The second-order valence-electron chi connectivity index (χ2n) is 3.45. The largest absolute Gasteiger partial charge is 0.481 e. The molecule has 0 saturated heterocycles. The fourth-order valence-electron chi connectivity index (χ4n) is 1.35. The number of aromatic nitrogens is 2. The number of nitrogens with zero attached hydrogens (tertiary/aromatic N) is 1. The first-order valence-electron chi connectivity index (χ1n) is 5.10. The second-order valence-corrected chi connectivity index (χ2v) is 4.25. The fraction of sp³-hybridized carbons (Fsp3) is 0.400. The second kappa shape index (κ2) is 6.20. The van der Waals surface area contributed by atoms with E-state index >= 15 is 0 Å². The summed E-state index contributed by atoms with van der Waals surface area (Å²) in [7, 11) is 0. The highest BCUT2D eigenvalue weighted by Crippen LogP contribution is 2.17. The molecule has 0 aromatic carbocycles. The fourth-order valence-corrected chi connectivity index (χ4v) is 1.97. The van der Waals surface area contributed by atoms with E-state index in [1.165, 1.54) is 11.8 Å². The Morgan fingerprint density at radius 1 is 1.50 bits per heavy atom. The van der Waals surface area contributed by atoms with Crippen LogP contribution in [0, 0.1) is 6.92 Å². The van der Waals surface area contributed by atoms with Crippen LogP contribution in [0.15, 0.2) is 9.82 Å². The lowest BCUT2D eigenvalue weighted by Crippen LogP contribution is -2.29. The first kappa shape index (κ1) is 14.2. The van der Waals surface area contributed by atoms with E-state index in [1.807, 2.05) is 0 Å². The van der Waals surface area contributed by atoms with Crippen molar-refractivity contribution in [1.82, 2.24) is 15.3 Å². The number of aryl methyl sites for hydroxylation is 1. The molecule has 0 aliphatic carbocycles. The van der Waals surface area contributed by atoms with Gasteiger partial charge in [0.25, 0.3) is 5.91 Å². The van der Waals surface area contributed by atoms with Crippen LogP contribution in [0.5, 0.6) is 0 Å². The predicted molar refractivity (Wildman–Crippen MR) is 66.0 cm³/mol. The maximum Gasteiger partial charge on any atom is 0.346 e. The summed E-state index contributed by atoms with van der Waals surface area (Å²) in [5, 5.41) is 11.3. The number of H-pyrrole nitrogens is 1. The Balaban J connectivity index is 2.91. The number of amides is 1. The molecule has 98 valence electrons. The third kappa shape index (κ3) is 3.59. The van der Waals surface area contributed by atoms with Crippen molar-refractivity contribution in [2.75, 3.05) is 12.8 Å². The van der Waals surface area contributed by atoms with Crippen molar-refractivity contribution in [3.63, 3.8) is 0 Å². The van der Waals surface area contributed by atoms with Gasteiger partial charge in [-0.2, -0.15) is 4.98 Å². The number of nitrogens with one attached hydrogen (secondary N) is 2.